The average molecular weight is 243 g/mol. The van der Waals surface area contributed by atoms with Crippen LogP contribution in [0.5, 0.6) is 0 Å². The molecule has 1 aromatic rings. The SMILES string of the molecule is C=Cc1ccccc1.[Ba+2].[H-].[H-]. The predicted molar refractivity (Wildman–Crippen MR) is 44.5 cm³/mol. The summed E-state index contributed by atoms with van der Waals surface area (Å²) in [5, 5.41) is 0. The van der Waals surface area contributed by atoms with Gasteiger partial charge in [-0.2, -0.15) is 0 Å². The molecule has 0 radical (unpaired) electrons. The Bertz CT molecular complexity index is 175. The molecule has 0 unspecified atom stereocenters. The molecular weight excluding hydrogens is 233 g/mol. The van der Waals surface area contributed by atoms with Crippen LogP contribution in [0, 0.1) is 0 Å². The Labute approximate surface area is 99.0 Å². The third-order valence-corrected chi connectivity index (χ3v) is 1.04. The molecule has 0 aliphatic heterocycles. The van der Waals surface area contributed by atoms with Crippen LogP contribution in [-0.2, 0) is 0 Å². The second-order valence-corrected chi connectivity index (χ2v) is 1.61. The summed E-state index contributed by atoms with van der Waals surface area (Å²) >= 11 is 0. The summed E-state index contributed by atoms with van der Waals surface area (Å²) in [4.78, 5) is 0. The molecular formula is C8H10Ba. The molecule has 0 aliphatic rings. The summed E-state index contributed by atoms with van der Waals surface area (Å²) < 4.78 is 0. The first-order valence-corrected chi connectivity index (χ1v) is 2.61. The smallest absolute Gasteiger partial charge is 1.00 e. The first-order chi connectivity index (χ1) is 3.93. The van der Waals surface area contributed by atoms with Crippen molar-refractivity contribution < 1.29 is 2.85 Å². The summed E-state index contributed by atoms with van der Waals surface area (Å²) in [5.41, 5.74) is 1.17. The zero-order valence-electron chi connectivity index (χ0n) is 7.38. The van der Waals surface area contributed by atoms with E-state index in [2.05, 4.69) is 6.58 Å². The van der Waals surface area contributed by atoms with Crippen molar-refractivity contribution >= 4 is 55.0 Å². The molecule has 1 aromatic carbocycles. The molecule has 0 fully saturated rings. The van der Waals surface area contributed by atoms with E-state index in [9.17, 15) is 0 Å². The summed E-state index contributed by atoms with van der Waals surface area (Å²) in [6.45, 7) is 3.63. The van der Waals surface area contributed by atoms with Crippen LogP contribution in [0.3, 0.4) is 0 Å². The Morgan fingerprint density at radius 1 is 1.22 bits per heavy atom. The van der Waals surface area contributed by atoms with E-state index in [1.54, 1.807) is 0 Å². The molecule has 9 heavy (non-hydrogen) atoms. The summed E-state index contributed by atoms with van der Waals surface area (Å²) in [7, 11) is 0. The maximum Gasteiger partial charge on any atom is 2.00 e. The number of benzene rings is 1. The van der Waals surface area contributed by atoms with Crippen molar-refractivity contribution in [2.24, 2.45) is 0 Å². The van der Waals surface area contributed by atoms with Gasteiger partial charge in [0.05, 0.1) is 0 Å². The minimum absolute atomic E-state index is 0. The van der Waals surface area contributed by atoms with Gasteiger partial charge in [0, 0.05) is 0 Å². The van der Waals surface area contributed by atoms with Crippen molar-refractivity contribution in [3.63, 3.8) is 0 Å². The van der Waals surface area contributed by atoms with Gasteiger partial charge in [-0.3, -0.25) is 0 Å². The maximum absolute atomic E-state index is 3.63. The van der Waals surface area contributed by atoms with Gasteiger partial charge in [-0.15, -0.1) is 0 Å². The van der Waals surface area contributed by atoms with Crippen molar-refractivity contribution in [1.29, 1.82) is 0 Å². The zero-order chi connectivity index (χ0) is 5.82. The quantitative estimate of drug-likeness (QED) is 0.663. The standard InChI is InChI=1S/C8H8.Ba.2H/c1-2-8-6-4-3-5-7-8;;;/h2-7H,1H2;;;/q;+2;2*-1. The van der Waals surface area contributed by atoms with Crippen molar-refractivity contribution in [2.45, 2.75) is 0 Å². The maximum atomic E-state index is 3.63. The van der Waals surface area contributed by atoms with E-state index >= 15 is 0 Å². The van der Waals surface area contributed by atoms with Gasteiger partial charge in [-0.05, 0) is 5.56 Å². The van der Waals surface area contributed by atoms with Gasteiger partial charge in [0.15, 0.2) is 0 Å². The number of rotatable bonds is 1. The van der Waals surface area contributed by atoms with Gasteiger partial charge in [0.25, 0.3) is 0 Å². The van der Waals surface area contributed by atoms with E-state index in [-0.39, 0.29) is 51.7 Å². The largest absolute Gasteiger partial charge is 2.00 e. The van der Waals surface area contributed by atoms with Crippen molar-refractivity contribution in [1.82, 2.24) is 0 Å². The van der Waals surface area contributed by atoms with E-state index in [1.165, 1.54) is 5.56 Å². The average Bonchev–Trinajstić information content (AvgIpc) is 1.90. The number of hydrogen-bond donors (Lipinski definition) is 0. The van der Waals surface area contributed by atoms with Crippen LogP contribution in [0.25, 0.3) is 6.08 Å². The Kier molecular flexibility index (Phi) is 5.64. The monoisotopic (exact) mass is 244 g/mol. The van der Waals surface area contributed by atoms with Gasteiger partial charge >= 0.3 is 48.9 Å². The second-order valence-electron chi connectivity index (χ2n) is 1.61. The molecule has 0 N–H and O–H groups in total. The molecule has 0 heterocycles. The molecule has 0 saturated carbocycles. The van der Waals surface area contributed by atoms with E-state index in [4.69, 9.17) is 0 Å². The van der Waals surface area contributed by atoms with Gasteiger partial charge in [-0.1, -0.05) is 43.0 Å². The van der Waals surface area contributed by atoms with Crippen LogP contribution in [0.2, 0.25) is 0 Å². The molecule has 1 rings (SSSR count). The third kappa shape index (κ3) is 3.28. The Hall–Kier alpha value is 0.531. The number of hydrogen-bond acceptors (Lipinski definition) is 0. The van der Waals surface area contributed by atoms with Crippen LogP contribution < -0.4 is 0 Å². The summed E-state index contributed by atoms with van der Waals surface area (Å²) in [6.07, 6.45) is 1.83. The normalized spacial score (nSPS) is 7.56. The zero-order valence-corrected chi connectivity index (χ0v) is 9.82. The minimum atomic E-state index is 0. The van der Waals surface area contributed by atoms with Crippen molar-refractivity contribution in [2.75, 3.05) is 0 Å². The van der Waals surface area contributed by atoms with E-state index in [0.29, 0.717) is 0 Å². The van der Waals surface area contributed by atoms with Crippen molar-refractivity contribution in [3.05, 3.63) is 42.5 Å². The molecule has 1 heteroatoms. The first-order valence-electron chi connectivity index (χ1n) is 2.61. The molecule has 0 amide bonds. The molecule has 0 spiro atoms. The molecule has 0 aliphatic carbocycles. The van der Waals surface area contributed by atoms with Gasteiger partial charge in [0.1, 0.15) is 0 Å². The molecule has 0 saturated heterocycles. The van der Waals surface area contributed by atoms with Crippen LogP contribution in [0.15, 0.2) is 36.9 Å². The van der Waals surface area contributed by atoms with E-state index in [1.807, 2.05) is 36.4 Å². The molecule has 0 atom stereocenters. The van der Waals surface area contributed by atoms with Gasteiger partial charge in [0.2, 0.25) is 0 Å². The topological polar surface area (TPSA) is 0 Å². The van der Waals surface area contributed by atoms with Crippen LogP contribution in [-0.4, -0.2) is 48.9 Å². The van der Waals surface area contributed by atoms with Gasteiger partial charge < -0.3 is 2.85 Å². The fourth-order valence-electron chi connectivity index (χ4n) is 0.589. The fraction of sp³-hybridized carbons (Fsp3) is 0. The summed E-state index contributed by atoms with van der Waals surface area (Å²) in [5.74, 6) is 0. The summed E-state index contributed by atoms with van der Waals surface area (Å²) in [6, 6.07) is 10.0. The molecule has 44 valence electrons. The minimum Gasteiger partial charge on any atom is -1.00 e. The molecule has 0 nitrogen and oxygen atoms in total. The van der Waals surface area contributed by atoms with E-state index in [0.717, 1.165) is 0 Å². The molecule has 0 aromatic heterocycles. The van der Waals surface area contributed by atoms with Crippen LogP contribution in [0.4, 0.5) is 0 Å². The fourth-order valence-corrected chi connectivity index (χ4v) is 0.589. The first kappa shape index (κ1) is 9.53. The van der Waals surface area contributed by atoms with Crippen molar-refractivity contribution in [3.8, 4) is 0 Å². The Morgan fingerprint density at radius 3 is 2.11 bits per heavy atom. The van der Waals surface area contributed by atoms with Crippen LogP contribution >= 0.6 is 0 Å². The predicted octanol–water partition coefficient (Wildman–Crippen LogP) is 2.17. The Balaban J connectivity index is -0.000000213. The molecule has 0 bridgehead atoms. The third-order valence-electron chi connectivity index (χ3n) is 1.04. The van der Waals surface area contributed by atoms with Crippen LogP contribution in [0.1, 0.15) is 8.42 Å². The second kappa shape index (κ2) is 5.33. The van der Waals surface area contributed by atoms with Gasteiger partial charge in [-0.25, -0.2) is 0 Å². The Morgan fingerprint density at radius 2 is 1.78 bits per heavy atom. The van der Waals surface area contributed by atoms with E-state index < -0.39 is 0 Å².